The summed E-state index contributed by atoms with van der Waals surface area (Å²) in [6.07, 6.45) is 1.87. The lowest BCUT2D eigenvalue weighted by atomic mass is 10.2. The number of amides is 2. The summed E-state index contributed by atoms with van der Waals surface area (Å²) in [5.41, 5.74) is 1.04. The number of hydrogen-bond acceptors (Lipinski definition) is 3. The Hall–Kier alpha value is -2.35. The van der Waals surface area contributed by atoms with Crippen molar-refractivity contribution in [1.82, 2.24) is 5.32 Å². The van der Waals surface area contributed by atoms with E-state index in [1.807, 2.05) is 0 Å². The average molecular weight is 243 g/mol. The molecule has 0 atom stereocenters. The molecule has 0 bridgehead atoms. The molecule has 0 heterocycles. The van der Waals surface area contributed by atoms with Gasteiger partial charge in [0.25, 0.3) is 5.91 Å². The molecule has 1 aromatic carbocycles. The van der Waals surface area contributed by atoms with Gasteiger partial charge in [0.2, 0.25) is 5.91 Å². The Morgan fingerprint density at radius 2 is 2.17 bits per heavy atom. The van der Waals surface area contributed by atoms with E-state index in [1.54, 1.807) is 30.3 Å². The monoisotopic (exact) mass is 243 g/mol. The number of rotatable bonds is 4. The summed E-state index contributed by atoms with van der Waals surface area (Å²) in [5.74, 6) is -0.508. The zero-order valence-electron chi connectivity index (χ0n) is 9.77. The van der Waals surface area contributed by atoms with Crippen LogP contribution < -0.4 is 10.6 Å². The molecule has 2 N–H and O–H groups in total. The summed E-state index contributed by atoms with van der Waals surface area (Å²) in [7, 11) is 0. The first-order chi connectivity index (χ1) is 8.69. The predicted molar refractivity (Wildman–Crippen MR) is 65.8 cm³/mol. The summed E-state index contributed by atoms with van der Waals surface area (Å²) in [6.45, 7) is 0. The van der Waals surface area contributed by atoms with E-state index in [9.17, 15) is 9.59 Å². The second kappa shape index (κ2) is 5.32. The fourth-order valence-electron chi connectivity index (χ4n) is 1.51. The molecular formula is C13H13N3O2. The summed E-state index contributed by atoms with van der Waals surface area (Å²) >= 11 is 0. The summed E-state index contributed by atoms with van der Waals surface area (Å²) in [4.78, 5) is 23.0. The van der Waals surface area contributed by atoms with Gasteiger partial charge in [-0.25, -0.2) is 0 Å². The van der Waals surface area contributed by atoms with Gasteiger partial charge in [0.1, 0.15) is 6.42 Å². The quantitative estimate of drug-likeness (QED) is 0.839. The maximum atomic E-state index is 11.8. The number of hydrogen-bond donors (Lipinski definition) is 2. The summed E-state index contributed by atoms with van der Waals surface area (Å²) in [6, 6.07) is 8.75. The second-order valence-corrected chi connectivity index (χ2v) is 4.21. The van der Waals surface area contributed by atoms with Crippen LogP contribution in [0.25, 0.3) is 0 Å². The number of nitrogens with zero attached hydrogens (tertiary/aromatic N) is 1. The van der Waals surface area contributed by atoms with Crippen molar-refractivity contribution in [3.05, 3.63) is 29.8 Å². The third-order valence-corrected chi connectivity index (χ3v) is 2.56. The highest BCUT2D eigenvalue weighted by Crippen LogP contribution is 2.20. The first kappa shape index (κ1) is 12.1. The zero-order valence-corrected chi connectivity index (χ0v) is 9.77. The van der Waals surface area contributed by atoms with E-state index in [2.05, 4.69) is 10.6 Å². The molecule has 1 saturated carbocycles. The van der Waals surface area contributed by atoms with Gasteiger partial charge in [-0.05, 0) is 31.0 Å². The smallest absolute Gasteiger partial charge is 0.251 e. The van der Waals surface area contributed by atoms with Gasteiger partial charge in [-0.3, -0.25) is 9.59 Å². The highest BCUT2D eigenvalue weighted by Gasteiger charge is 2.23. The zero-order chi connectivity index (χ0) is 13.0. The van der Waals surface area contributed by atoms with Crippen molar-refractivity contribution >= 4 is 17.5 Å². The normalized spacial score (nSPS) is 13.5. The largest absolute Gasteiger partial charge is 0.349 e. The molecule has 92 valence electrons. The van der Waals surface area contributed by atoms with Crippen LogP contribution >= 0.6 is 0 Å². The molecule has 0 saturated heterocycles. The van der Waals surface area contributed by atoms with Crippen molar-refractivity contribution in [2.45, 2.75) is 25.3 Å². The maximum Gasteiger partial charge on any atom is 0.251 e. The Bertz CT molecular complexity index is 515. The minimum absolute atomic E-state index is 0.131. The molecule has 1 aliphatic rings. The van der Waals surface area contributed by atoms with Gasteiger partial charge in [-0.1, -0.05) is 6.07 Å². The van der Waals surface area contributed by atoms with Gasteiger partial charge in [-0.15, -0.1) is 0 Å². The van der Waals surface area contributed by atoms with Crippen LogP contribution in [0, 0.1) is 11.3 Å². The fraction of sp³-hybridized carbons (Fsp3) is 0.308. The Kier molecular flexibility index (Phi) is 3.58. The standard InChI is InChI=1S/C13H13N3O2/c14-7-6-12(17)15-11-3-1-2-9(8-11)13(18)16-10-4-5-10/h1-3,8,10H,4-6H2,(H,15,17)(H,16,18). The molecule has 5 heteroatoms. The lowest BCUT2D eigenvalue weighted by molar-refractivity contribution is -0.115. The number of carbonyl (C=O) groups is 2. The van der Waals surface area contributed by atoms with Gasteiger partial charge in [0.05, 0.1) is 6.07 Å². The Morgan fingerprint density at radius 3 is 2.83 bits per heavy atom. The van der Waals surface area contributed by atoms with E-state index < -0.39 is 0 Å². The molecule has 0 radical (unpaired) electrons. The van der Waals surface area contributed by atoms with Gasteiger partial charge in [-0.2, -0.15) is 5.26 Å². The molecule has 0 unspecified atom stereocenters. The number of carbonyl (C=O) groups excluding carboxylic acids is 2. The van der Waals surface area contributed by atoms with Gasteiger partial charge in [0, 0.05) is 17.3 Å². The lowest BCUT2D eigenvalue weighted by Crippen LogP contribution is -2.25. The van der Waals surface area contributed by atoms with Crippen molar-refractivity contribution < 1.29 is 9.59 Å². The van der Waals surface area contributed by atoms with Crippen molar-refractivity contribution in [1.29, 1.82) is 5.26 Å². The Balaban J connectivity index is 2.02. The average Bonchev–Trinajstić information content (AvgIpc) is 3.13. The molecule has 1 aliphatic carbocycles. The van der Waals surface area contributed by atoms with Crippen molar-refractivity contribution in [3.8, 4) is 6.07 Å². The lowest BCUT2D eigenvalue weighted by Gasteiger charge is -2.06. The van der Waals surface area contributed by atoms with Crippen LogP contribution in [-0.4, -0.2) is 17.9 Å². The van der Waals surface area contributed by atoms with E-state index in [0.717, 1.165) is 12.8 Å². The highest BCUT2D eigenvalue weighted by molar-refractivity contribution is 5.97. The van der Waals surface area contributed by atoms with Gasteiger partial charge < -0.3 is 10.6 Å². The van der Waals surface area contributed by atoms with E-state index in [-0.39, 0.29) is 18.2 Å². The minimum Gasteiger partial charge on any atom is -0.349 e. The van der Waals surface area contributed by atoms with Crippen LogP contribution in [0.1, 0.15) is 29.6 Å². The molecule has 1 fully saturated rings. The fourth-order valence-corrected chi connectivity index (χ4v) is 1.51. The summed E-state index contributed by atoms with van der Waals surface area (Å²) < 4.78 is 0. The second-order valence-electron chi connectivity index (χ2n) is 4.21. The number of nitriles is 1. The van der Waals surface area contributed by atoms with Crippen LogP contribution in [-0.2, 0) is 4.79 Å². The first-order valence-corrected chi connectivity index (χ1v) is 5.77. The van der Waals surface area contributed by atoms with Crippen molar-refractivity contribution in [2.75, 3.05) is 5.32 Å². The van der Waals surface area contributed by atoms with Crippen LogP contribution in [0.5, 0.6) is 0 Å². The van der Waals surface area contributed by atoms with Crippen LogP contribution in [0.15, 0.2) is 24.3 Å². The van der Waals surface area contributed by atoms with Gasteiger partial charge >= 0.3 is 0 Å². The number of benzene rings is 1. The van der Waals surface area contributed by atoms with E-state index in [1.165, 1.54) is 0 Å². The minimum atomic E-state index is -0.378. The molecule has 1 aromatic rings. The summed E-state index contributed by atoms with van der Waals surface area (Å²) in [5, 5.41) is 13.8. The number of anilines is 1. The Labute approximate surface area is 105 Å². The molecule has 2 rings (SSSR count). The molecule has 18 heavy (non-hydrogen) atoms. The van der Waals surface area contributed by atoms with Crippen molar-refractivity contribution in [3.63, 3.8) is 0 Å². The van der Waals surface area contributed by atoms with Crippen molar-refractivity contribution in [2.24, 2.45) is 0 Å². The molecular weight excluding hydrogens is 230 g/mol. The third kappa shape index (κ3) is 3.32. The third-order valence-electron chi connectivity index (χ3n) is 2.56. The van der Waals surface area contributed by atoms with Gasteiger partial charge in [0.15, 0.2) is 0 Å². The molecule has 0 aromatic heterocycles. The number of nitrogens with one attached hydrogen (secondary N) is 2. The Morgan fingerprint density at radius 1 is 1.39 bits per heavy atom. The first-order valence-electron chi connectivity index (χ1n) is 5.77. The van der Waals surface area contributed by atoms with Crippen LogP contribution in [0.2, 0.25) is 0 Å². The highest BCUT2D eigenvalue weighted by atomic mass is 16.2. The molecule has 0 aliphatic heterocycles. The predicted octanol–water partition coefficient (Wildman–Crippen LogP) is 1.43. The maximum absolute atomic E-state index is 11.8. The SMILES string of the molecule is N#CCC(=O)Nc1cccc(C(=O)NC2CC2)c1. The van der Waals surface area contributed by atoms with E-state index in [4.69, 9.17) is 5.26 Å². The van der Waals surface area contributed by atoms with Crippen LogP contribution in [0.4, 0.5) is 5.69 Å². The van der Waals surface area contributed by atoms with E-state index >= 15 is 0 Å². The topological polar surface area (TPSA) is 82.0 Å². The van der Waals surface area contributed by atoms with Crippen LogP contribution in [0.3, 0.4) is 0 Å². The molecule has 2 amide bonds. The molecule has 5 nitrogen and oxygen atoms in total. The van der Waals surface area contributed by atoms with E-state index in [0.29, 0.717) is 17.3 Å². The molecule has 0 spiro atoms.